The molecule has 2 nitrogen and oxygen atoms in total. The van der Waals surface area contributed by atoms with E-state index in [9.17, 15) is 0 Å². The first kappa shape index (κ1) is 23.3. The summed E-state index contributed by atoms with van der Waals surface area (Å²) in [4.78, 5) is 2.66. The van der Waals surface area contributed by atoms with Gasteiger partial charge in [0.1, 0.15) is 0 Å². The van der Waals surface area contributed by atoms with E-state index in [0.29, 0.717) is 0 Å². The van der Waals surface area contributed by atoms with Gasteiger partial charge in [-0.15, -0.1) is 0 Å². The van der Waals surface area contributed by atoms with E-state index in [1.54, 1.807) is 0 Å². The molecule has 2 heteroatoms. The number of allylic oxidation sites excluding steroid dienone is 2. The maximum Gasteiger partial charge on any atom is 0.0487 e. The Morgan fingerprint density at radius 2 is 1.65 bits per heavy atom. The molecule has 0 unspecified atom stereocenters. The number of aromatic nitrogens is 1. The van der Waals surface area contributed by atoms with Crippen molar-refractivity contribution in [2.45, 2.75) is 73.4 Å². The second kappa shape index (κ2) is 11.3. The lowest BCUT2D eigenvalue weighted by Gasteiger charge is -2.21. The molecule has 0 aliphatic heterocycles. The zero-order valence-electron chi connectivity index (χ0n) is 20.2. The van der Waals surface area contributed by atoms with E-state index in [1.165, 1.54) is 77.5 Å². The summed E-state index contributed by atoms with van der Waals surface area (Å²) in [5.41, 5.74) is 8.09. The van der Waals surface area contributed by atoms with E-state index in [0.717, 1.165) is 13.1 Å². The molecule has 166 valence electrons. The van der Waals surface area contributed by atoms with Crippen LogP contribution in [0.25, 0.3) is 22.0 Å². The highest BCUT2D eigenvalue weighted by Crippen LogP contribution is 2.29. The third-order valence-corrected chi connectivity index (χ3v) is 6.06. The summed E-state index contributed by atoms with van der Waals surface area (Å²) in [7, 11) is 0. The molecule has 3 aromatic rings. The van der Waals surface area contributed by atoms with Crippen molar-refractivity contribution in [2.75, 3.05) is 13.1 Å². The number of rotatable bonds is 11. The lowest BCUT2D eigenvalue weighted by molar-refractivity contribution is 0.258. The first-order chi connectivity index (χ1) is 15.0. The maximum atomic E-state index is 2.66. The van der Waals surface area contributed by atoms with Crippen LogP contribution in [-0.2, 0) is 13.1 Å². The minimum atomic E-state index is 0.937. The SMILES string of the molecule is CCCCN(CCCC)Cc1cn(CC=C(C)C)c2ccc(-c3cccc(C)c3)cc12. The monoisotopic (exact) mass is 416 g/mol. The molecule has 0 N–H and O–H groups in total. The fraction of sp³-hybridized carbons (Fsp3) is 0.448. The molecule has 1 heterocycles. The predicted octanol–water partition coefficient (Wildman–Crippen LogP) is 7.99. The molecule has 2 aromatic carbocycles. The van der Waals surface area contributed by atoms with Crippen molar-refractivity contribution in [1.29, 1.82) is 0 Å². The molecular formula is C29H40N2. The second-order valence-electron chi connectivity index (χ2n) is 9.17. The molecule has 0 saturated carbocycles. The summed E-state index contributed by atoms with van der Waals surface area (Å²) in [5, 5.41) is 1.40. The van der Waals surface area contributed by atoms with Gasteiger partial charge in [0.15, 0.2) is 0 Å². The van der Waals surface area contributed by atoms with Gasteiger partial charge in [-0.3, -0.25) is 4.90 Å². The van der Waals surface area contributed by atoms with Gasteiger partial charge in [0.25, 0.3) is 0 Å². The average molecular weight is 417 g/mol. The first-order valence-corrected chi connectivity index (χ1v) is 12.1. The molecule has 0 atom stereocenters. The molecule has 31 heavy (non-hydrogen) atoms. The quantitative estimate of drug-likeness (QED) is 0.288. The van der Waals surface area contributed by atoms with Crippen LogP contribution in [0, 0.1) is 6.92 Å². The van der Waals surface area contributed by atoms with Crippen LogP contribution in [0.5, 0.6) is 0 Å². The summed E-state index contributed by atoms with van der Waals surface area (Å²) in [6.45, 7) is 15.5. The van der Waals surface area contributed by atoms with Crippen LogP contribution in [0.1, 0.15) is 64.5 Å². The molecule has 0 radical (unpaired) electrons. The van der Waals surface area contributed by atoms with E-state index in [1.807, 2.05) is 0 Å². The van der Waals surface area contributed by atoms with Gasteiger partial charge >= 0.3 is 0 Å². The Morgan fingerprint density at radius 1 is 0.935 bits per heavy atom. The second-order valence-corrected chi connectivity index (χ2v) is 9.17. The van der Waals surface area contributed by atoms with Crippen molar-refractivity contribution >= 4 is 10.9 Å². The summed E-state index contributed by atoms with van der Waals surface area (Å²) in [5.74, 6) is 0. The van der Waals surface area contributed by atoms with Gasteiger partial charge in [-0.05, 0) is 75.5 Å². The number of fused-ring (bicyclic) bond motifs is 1. The van der Waals surface area contributed by atoms with Crippen LogP contribution >= 0.6 is 0 Å². The molecule has 0 aliphatic rings. The van der Waals surface area contributed by atoms with E-state index < -0.39 is 0 Å². The van der Waals surface area contributed by atoms with Gasteiger partial charge in [0, 0.05) is 30.2 Å². The molecule has 0 spiro atoms. The smallest absolute Gasteiger partial charge is 0.0487 e. The highest BCUT2D eigenvalue weighted by molar-refractivity contribution is 5.88. The summed E-state index contributed by atoms with van der Waals surface area (Å²) < 4.78 is 2.43. The Balaban J connectivity index is 2.01. The lowest BCUT2D eigenvalue weighted by Crippen LogP contribution is -2.25. The van der Waals surface area contributed by atoms with Gasteiger partial charge in [0.2, 0.25) is 0 Å². The van der Waals surface area contributed by atoms with Crippen LogP contribution in [-0.4, -0.2) is 22.6 Å². The summed E-state index contributed by atoms with van der Waals surface area (Å²) >= 11 is 0. The van der Waals surface area contributed by atoms with Crippen LogP contribution in [0.15, 0.2) is 60.3 Å². The fourth-order valence-electron chi connectivity index (χ4n) is 4.21. The van der Waals surface area contributed by atoms with Crippen molar-refractivity contribution in [3.05, 3.63) is 71.4 Å². The minimum Gasteiger partial charge on any atom is -0.343 e. The predicted molar refractivity (Wildman–Crippen MR) is 137 cm³/mol. The van der Waals surface area contributed by atoms with Crippen molar-refractivity contribution in [1.82, 2.24) is 9.47 Å². The first-order valence-electron chi connectivity index (χ1n) is 12.1. The number of unbranched alkanes of at least 4 members (excludes halogenated alkanes) is 2. The summed E-state index contributed by atoms with van der Waals surface area (Å²) in [6.07, 6.45) is 9.77. The zero-order valence-corrected chi connectivity index (χ0v) is 20.2. The van der Waals surface area contributed by atoms with Crippen molar-refractivity contribution in [3.63, 3.8) is 0 Å². The van der Waals surface area contributed by atoms with Crippen molar-refractivity contribution < 1.29 is 0 Å². The van der Waals surface area contributed by atoms with E-state index in [2.05, 4.69) is 98.8 Å². The Kier molecular flexibility index (Phi) is 8.54. The van der Waals surface area contributed by atoms with Gasteiger partial charge in [-0.1, -0.05) is 74.2 Å². The van der Waals surface area contributed by atoms with Gasteiger partial charge in [0.05, 0.1) is 0 Å². The molecule has 0 aliphatic carbocycles. The Hall–Kier alpha value is -2.32. The Bertz CT molecular complexity index is 997. The minimum absolute atomic E-state index is 0.937. The van der Waals surface area contributed by atoms with E-state index in [4.69, 9.17) is 0 Å². The average Bonchev–Trinajstić information content (AvgIpc) is 3.10. The fourth-order valence-corrected chi connectivity index (χ4v) is 4.21. The van der Waals surface area contributed by atoms with Crippen LogP contribution in [0.2, 0.25) is 0 Å². The number of aryl methyl sites for hydroxylation is 1. The molecular weight excluding hydrogens is 376 g/mol. The topological polar surface area (TPSA) is 8.17 Å². The van der Waals surface area contributed by atoms with Gasteiger partial charge in [-0.25, -0.2) is 0 Å². The summed E-state index contributed by atoms with van der Waals surface area (Å²) in [6, 6.07) is 15.9. The molecule has 1 aromatic heterocycles. The normalized spacial score (nSPS) is 11.4. The molecule has 3 rings (SSSR count). The Morgan fingerprint density at radius 3 is 2.29 bits per heavy atom. The zero-order chi connectivity index (χ0) is 22.2. The highest BCUT2D eigenvalue weighted by atomic mass is 15.1. The lowest BCUT2D eigenvalue weighted by atomic mass is 10.0. The number of nitrogens with zero attached hydrogens (tertiary/aromatic N) is 2. The Labute approximate surface area is 189 Å². The molecule has 0 amide bonds. The van der Waals surface area contributed by atoms with E-state index >= 15 is 0 Å². The van der Waals surface area contributed by atoms with Crippen LogP contribution in [0.3, 0.4) is 0 Å². The third kappa shape index (κ3) is 6.33. The molecule has 0 bridgehead atoms. The maximum absolute atomic E-state index is 2.66. The van der Waals surface area contributed by atoms with Crippen LogP contribution in [0.4, 0.5) is 0 Å². The van der Waals surface area contributed by atoms with Gasteiger partial charge < -0.3 is 4.57 Å². The van der Waals surface area contributed by atoms with Gasteiger partial charge in [-0.2, -0.15) is 0 Å². The largest absolute Gasteiger partial charge is 0.343 e. The number of hydrogen-bond acceptors (Lipinski definition) is 1. The van der Waals surface area contributed by atoms with Crippen LogP contribution < -0.4 is 0 Å². The number of benzene rings is 2. The molecule has 0 fully saturated rings. The third-order valence-electron chi connectivity index (χ3n) is 6.06. The highest BCUT2D eigenvalue weighted by Gasteiger charge is 2.13. The van der Waals surface area contributed by atoms with Crippen molar-refractivity contribution in [2.24, 2.45) is 0 Å². The molecule has 0 saturated heterocycles. The van der Waals surface area contributed by atoms with Crippen molar-refractivity contribution in [3.8, 4) is 11.1 Å². The number of hydrogen-bond donors (Lipinski definition) is 0. The standard InChI is InChI=1S/C29H40N2/c1-6-8-16-30(17-9-7-2)21-27-22-31(18-15-23(3)4)29-14-13-26(20-28(27)29)25-12-10-11-24(5)19-25/h10-15,19-20,22H,6-9,16-18,21H2,1-5H3. The van der Waals surface area contributed by atoms with E-state index in [-0.39, 0.29) is 0 Å².